The van der Waals surface area contributed by atoms with Crippen molar-refractivity contribution in [1.29, 1.82) is 5.41 Å². The summed E-state index contributed by atoms with van der Waals surface area (Å²) in [5.41, 5.74) is 4.61. The summed E-state index contributed by atoms with van der Waals surface area (Å²) in [6.45, 7) is 0.123. The number of nitrogens with one attached hydrogen (secondary N) is 2. The normalized spacial score (nSPS) is 11.6. The second-order valence-electron chi connectivity index (χ2n) is 4.22. The lowest BCUT2D eigenvalue weighted by Crippen LogP contribution is -2.25. The molecule has 0 aliphatic carbocycles. The molecule has 5 nitrogen and oxygen atoms in total. The molecule has 2 rings (SSSR count). The van der Waals surface area contributed by atoms with Gasteiger partial charge in [-0.1, -0.05) is 11.8 Å². The van der Waals surface area contributed by atoms with Crippen molar-refractivity contribution in [2.24, 2.45) is 5.73 Å². The fraction of sp³-hybridized carbons (Fsp3) is 0.250. The molecule has 1 aromatic carbocycles. The molecule has 0 unspecified atom stereocenters. The van der Waals surface area contributed by atoms with Gasteiger partial charge >= 0.3 is 6.18 Å². The number of hydrogen-bond acceptors (Lipinski definition) is 5. The Kier molecular flexibility index (Phi) is 4.91. The van der Waals surface area contributed by atoms with Crippen LogP contribution in [0, 0.1) is 5.41 Å². The quantitative estimate of drug-likeness (QED) is 0.585. The summed E-state index contributed by atoms with van der Waals surface area (Å²) in [6.07, 6.45) is -4.41. The number of thioether (sulfide) groups is 1. The molecule has 0 saturated heterocycles. The Morgan fingerprint density at radius 3 is 2.82 bits per heavy atom. The van der Waals surface area contributed by atoms with Crippen LogP contribution < -0.4 is 11.1 Å². The zero-order valence-electron chi connectivity index (χ0n) is 11.0. The summed E-state index contributed by atoms with van der Waals surface area (Å²) in [6, 6.07) is 3.36. The van der Waals surface area contributed by atoms with Crippen LogP contribution in [0.2, 0.25) is 0 Å². The Morgan fingerprint density at radius 2 is 2.18 bits per heavy atom. The van der Waals surface area contributed by atoms with E-state index in [0.29, 0.717) is 9.71 Å². The number of benzene rings is 1. The molecular formula is C12H11F3N4OS2. The minimum Gasteiger partial charge on any atom is -0.379 e. The first-order valence-electron chi connectivity index (χ1n) is 5.96. The lowest BCUT2D eigenvalue weighted by molar-refractivity contribution is -0.137. The van der Waals surface area contributed by atoms with Crippen LogP contribution in [-0.2, 0) is 17.5 Å². The van der Waals surface area contributed by atoms with Crippen LogP contribution in [-0.4, -0.2) is 21.8 Å². The van der Waals surface area contributed by atoms with Gasteiger partial charge in [-0.3, -0.25) is 10.2 Å². The third-order valence-corrected chi connectivity index (χ3v) is 4.31. The summed E-state index contributed by atoms with van der Waals surface area (Å²) in [4.78, 5) is 15.5. The van der Waals surface area contributed by atoms with Gasteiger partial charge in [0.15, 0.2) is 5.17 Å². The second-order valence-corrected chi connectivity index (χ2v) is 6.35. The van der Waals surface area contributed by atoms with E-state index in [4.69, 9.17) is 11.1 Å². The Hall–Kier alpha value is -1.81. The molecule has 1 aromatic heterocycles. The monoisotopic (exact) mass is 348 g/mol. The van der Waals surface area contributed by atoms with Crippen molar-refractivity contribution in [3.63, 3.8) is 0 Å². The number of amides is 1. The molecule has 10 heteroatoms. The number of nitrogens with zero attached hydrogens (tertiary/aromatic N) is 1. The minimum absolute atomic E-state index is 0.0124. The fourth-order valence-corrected chi connectivity index (χ4v) is 2.87. The van der Waals surface area contributed by atoms with Crippen molar-refractivity contribution in [1.82, 2.24) is 10.3 Å². The molecular weight excluding hydrogens is 337 g/mol. The molecule has 0 fully saturated rings. The third-order valence-electron chi connectivity index (χ3n) is 2.55. The van der Waals surface area contributed by atoms with Crippen molar-refractivity contribution in [2.45, 2.75) is 12.7 Å². The molecule has 118 valence electrons. The SMILES string of the molecule is N=C(N)SCC(=O)NCc1nc2cc(C(F)(F)F)ccc2s1. The van der Waals surface area contributed by atoms with Crippen molar-refractivity contribution >= 4 is 44.4 Å². The molecule has 0 aliphatic rings. The van der Waals surface area contributed by atoms with Gasteiger partial charge in [-0.25, -0.2) is 4.98 Å². The van der Waals surface area contributed by atoms with E-state index in [0.717, 1.165) is 23.9 Å². The molecule has 1 amide bonds. The zero-order valence-corrected chi connectivity index (χ0v) is 12.7. The maximum Gasteiger partial charge on any atom is 0.416 e. The van der Waals surface area contributed by atoms with Crippen LogP contribution in [0.3, 0.4) is 0 Å². The first-order chi connectivity index (χ1) is 10.3. The first-order valence-corrected chi connectivity index (χ1v) is 7.76. The Balaban J connectivity index is 2.04. The first kappa shape index (κ1) is 16.6. The molecule has 0 spiro atoms. The van der Waals surface area contributed by atoms with Gasteiger partial charge in [-0.2, -0.15) is 13.2 Å². The van der Waals surface area contributed by atoms with Crippen LogP contribution in [0.1, 0.15) is 10.6 Å². The molecule has 22 heavy (non-hydrogen) atoms. The minimum atomic E-state index is -4.41. The predicted molar refractivity (Wildman–Crippen MR) is 80.8 cm³/mol. The highest BCUT2D eigenvalue weighted by molar-refractivity contribution is 8.14. The number of nitrogens with two attached hydrogens (primary N) is 1. The zero-order chi connectivity index (χ0) is 16.3. The molecule has 0 aliphatic heterocycles. The summed E-state index contributed by atoms with van der Waals surface area (Å²) in [5, 5.41) is 9.91. The molecule has 0 radical (unpaired) electrons. The predicted octanol–water partition coefficient (Wildman–Crippen LogP) is 2.56. The Morgan fingerprint density at radius 1 is 1.45 bits per heavy atom. The number of rotatable bonds is 4. The Labute approximate surface area is 131 Å². The van der Waals surface area contributed by atoms with Crippen LogP contribution in [0.15, 0.2) is 18.2 Å². The van der Waals surface area contributed by atoms with Crippen molar-refractivity contribution in [3.8, 4) is 0 Å². The van der Waals surface area contributed by atoms with Crippen LogP contribution >= 0.6 is 23.1 Å². The molecule has 0 saturated carbocycles. The average Bonchev–Trinajstić information content (AvgIpc) is 2.83. The highest BCUT2D eigenvalue weighted by atomic mass is 32.2. The van der Waals surface area contributed by atoms with E-state index >= 15 is 0 Å². The van der Waals surface area contributed by atoms with Crippen LogP contribution in [0.25, 0.3) is 10.2 Å². The van der Waals surface area contributed by atoms with Crippen molar-refractivity contribution in [2.75, 3.05) is 5.75 Å². The maximum atomic E-state index is 12.6. The maximum absolute atomic E-state index is 12.6. The van der Waals surface area contributed by atoms with Gasteiger partial charge in [0.2, 0.25) is 5.91 Å². The fourth-order valence-electron chi connectivity index (χ4n) is 1.60. The standard InChI is InChI=1S/C12H11F3N4OS2/c13-12(14,15)6-1-2-8-7(3-6)19-10(22-8)4-18-9(20)5-21-11(16)17/h1-3H,4-5H2,(H3,16,17)(H,18,20). The van der Waals surface area contributed by atoms with Gasteiger partial charge in [0.25, 0.3) is 0 Å². The number of carbonyl (C=O) groups is 1. The van der Waals surface area contributed by atoms with E-state index in [1.54, 1.807) is 0 Å². The summed E-state index contributed by atoms with van der Waals surface area (Å²) < 4.78 is 38.5. The number of halogens is 3. The molecule has 0 atom stereocenters. The van der Waals surface area contributed by atoms with E-state index in [1.807, 2.05) is 0 Å². The lowest BCUT2D eigenvalue weighted by Gasteiger charge is -2.04. The van der Waals surface area contributed by atoms with Gasteiger partial charge < -0.3 is 11.1 Å². The van der Waals surface area contributed by atoms with Crippen molar-refractivity contribution < 1.29 is 18.0 Å². The summed E-state index contributed by atoms with van der Waals surface area (Å²) in [5.74, 6) is -0.311. The van der Waals surface area contributed by atoms with Crippen LogP contribution in [0.5, 0.6) is 0 Å². The number of carbonyl (C=O) groups excluding carboxylic acids is 1. The van der Waals surface area contributed by atoms with Gasteiger partial charge in [0.1, 0.15) is 5.01 Å². The van der Waals surface area contributed by atoms with E-state index in [1.165, 1.54) is 17.4 Å². The van der Waals surface area contributed by atoms with Crippen molar-refractivity contribution in [3.05, 3.63) is 28.8 Å². The van der Waals surface area contributed by atoms with Gasteiger partial charge in [-0.05, 0) is 18.2 Å². The van der Waals surface area contributed by atoms with Gasteiger partial charge in [-0.15, -0.1) is 11.3 Å². The van der Waals surface area contributed by atoms with Gasteiger partial charge in [0, 0.05) is 0 Å². The number of aromatic nitrogens is 1. The van der Waals surface area contributed by atoms with E-state index in [-0.39, 0.29) is 28.9 Å². The largest absolute Gasteiger partial charge is 0.416 e. The summed E-state index contributed by atoms with van der Waals surface area (Å²) in [7, 11) is 0. The van der Waals surface area contributed by atoms with E-state index in [9.17, 15) is 18.0 Å². The highest BCUT2D eigenvalue weighted by Gasteiger charge is 2.30. The second kappa shape index (κ2) is 6.53. The highest BCUT2D eigenvalue weighted by Crippen LogP contribution is 2.32. The number of hydrogen-bond donors (Lipinski definition) is 3. The molecule has 4 N–H and O–H groups in total. The van der Waals surface area contributed by atoms with E-state index in [2.05, 4.69) is 10.3 Å². The number of fused-ring (bicyclic) bond motifs is 1. The van der Waals surface area contributed by atoms with Gasteiger partial charge in [0.05, 0.1) is 28.1 Å². The molecule has 2 aromatic rings. The number of thiazole rings is 1. The smallest absolute Gasteiger partial charge is 0.379 e. The lowest BCUT2D eigenvalue weighted by atomic mass is 10.2. The number of amidine groups is 1. The van der Waals surface area contributed by atoms with Crippen LogP contribution in [0.4, 0.5) is 13.2 Å². The summed E-state index contributed by atoms with van der Waals surface area (Å²) >= 11 is 2.11. The molecule has 0 bridgehead atoms. The third kappa shape index (κ3) is 4.34. The average molecular weight is 348 g/mol. The number of alkyl halides is 3. The van der Waals surface area contributed by atoms with E-state index < -0.39 is 11.7 Å². The Bertz CT molecular complexity index is 714. The topological polar surface area (TPSA) is 91.9 Å². The molecule has 1 heterocycles.